The first kappa shape index (κ1) is 14.2. The predicted molar refractivity (Wildman–Crippen MR) is 85.3 cm³/mol. The van der Waals surface area contributed by atoms with Crippen molar-refractivity contribution in [2.45, 2.75) is 38.1 Å². The highest BCUT2D eigenvalue weighted by molar-refractivity contribution is 5.71. The summed E-state index contributed by atoms with van der Waals surface area (Å²) >= 11 is 0. The molecule has 1 fully saturated rings. The first-order chi connectivity index (χ1) is 10.3. The molecule has 1 aliphatic rings. The van der Waals surface area contributed by atoms with Crippen LogP contribution in [-0.4, -0.2) is 46.0 Å². The molecule has 0 unspecified atom stereocenters. The zero-order valence-electron chi connectivity index (χ0n) is 12.6. The van der Waals surface area contributed by atoms with Gasteiger partial charge in [-0.1, -0.05) is 19.3 Å². The summed E-state index contributed by atoms with van der Waals surface area (Å²) in [5, 5.41) is 3.39. The standard InChI is InChI=1S/C16H23N5/c1-21(13-5-3-2-4-6-13)12-11-18-15-8-7-14-16(20-15)19-10-9-17-14/h7-10,13H,2-6,11-12H2,1H3,(H,18,19,20). The predicted octanol–water partition coefficient (Wildman–Crippen LogP) is 2.70. The zero-order chi connectivity index (χ0) is 14.5. The molecule has 1 saturated carbocycles. The van der Waals surface area contributed by atoms with Gasteiger partial charge in [0.15, 0.2) is 5.65 Å². The van der Waals surface area contributed by atoms with E-state index in [0.717, 1.165) is 30.5 Å². The molecule has 0 spiro atoms. The van der Waals surface area contributed by atoms with Crippen molar-refractivity contribution < 1.29 is 0 Å². The largest absolute Gasteiger partial charge is 0.369 e. The molecule has 2 aromatic rings. The quantitative estimate of drug-likeness (QED) is 0.915. The van der Waals surface area contributed by atoms with Crippen molar-refractivity contribution in [2.75, 3.05) is 25.5 Å². The van der Waals surface area contributed by atoms with Crippen molar-refractivity contribution in [3.05, 3.63) is 24.5 Å². The summed E-state index contributed by atoms with van der Waals surface area (Å²) in [7, 11) is 2.23. The summed E-state index contributed by atoms with van der Waals surface area (Å²) in [6.07, 6.45) is 10.2. The molecule has 0 amide bonds. The lowest BCUT2D eigenvalue weighted by Crippen LogP contribution is -2.36. The highest BCUT2D eigenvalue weighted by atomic mass is 15.1. The van der Waals surface area contributed by atoms with Crippen molar-refractivity contribution >= 4 is 17.0 Å². The van der Waals surface area contributed by atoms with Crippen LogP contribution in [0.25, 0.3) is 11.2 Å². The second-order valence-electron chi connectivity index (χ2n) is 5.79. The number of hydrogen-bond acceptors (Lipinski definition) is 5. The van der Waals surface area contributed by atoms with E-state index in [0.29, 0.717) is 5.65 Å². The first-order valence-corrected chi connectivity index (χ1v) is 7.85. The third-order valence-electron chi connectivity index (χ3n) is 4.30. The summed E-state index contributed by atoms with van der Waals surface area (Å²) in [6.45, 7) is 1.95. The molecular formula is C16H23N5. The molecule has 0 aromatic carbocycles. The first-order valence-electron chi connectivity index (χ1n) is 7.85. The summed E-state index contributed by atoms with van der Waals surface area (Å²) in [6, 6.07) is 4.69. The number of nitrogens with zero attached hydrogens (tertiary/aromatic N) is 4. The lowest BCUT2D eigenvalue weighted by molar-refractivity contribution is 0.198. The summed E-state index contributed by atoms with van der Waals surface area (Å²) < 4.78 is 0. The molecule has 112 valence electrons. The van der Waals surface area contributed by atoms with E-state index in [-0.39, 0.29) is 0 Å². The molecular weight excluding hydrogens is 262 g/mol. The molecule has 0 bridgehead atoms. The van der Waals surface area contributed by atoms with Gasteiger partial charge < -0.3 is 10.2 Å². The highest BCUT2D eigenvalue weighted by Crippen LogP contribution is 2.21. The molecule has 0 radical (unpaired) electrons. The number of pyridine rings is 1. The molecule has 1 N–H and O–H groups in total. The van der Waals surface area contributed by atoms with Crippen LogP contribution in [0.5, 0.6) is 0 Å². The Morgan fingerprint density at radius 1 is 1.14 bits per heavy atom. The van der Waals surface area contributed by atoms with E-state index >= 15 is 0 Å². The van der Waals surface area contributed by atoms with Gasteiger partial charge in [0.05, 0.1) is 0 Å². The molecule has 5 nitrogen and oxygen atoms in total. The minimum absolute atomic E-state index is 0.697. The fourth-order valence-electron chi connectivity index (χ4n) is 3.02. The van der Waals surface area contributed by atoms with Gasteiger partial charge in [-0.3, -0.25) is 4.98 Å². The van der Waals surface area contributed by atoms with Crippen LogP contribution < -0.4 is 5.32 Å². The Bertz CT molecular complexity index is 580. The van der Waals surface area contributed by atoms with Gasteiger partial charge in [-0.15, -0.1) is 0 Å². The van der Waals surface area contributed by atoms with Crippen LogP contribution in [0.3, 0.4) is 0 Å². The summed E-state index contributed by atoms with van der Waals surface area (Å²) in [5.74, 6) is 0.875. The molecule has 0 aliphatic heterocycles. The van der Waals surface area contributed by atoms with E-state index in [1.807, 2.05) is 12.1 Å². The van der Waals surface area contributed by atoms with Crippen molar-refractivity contribution in [2.24, 2.45) is 0 Å². The maximum Gasteiger partial charge on any atom is 0.180 e. The SMILES string of the molecule is CN(CCNc1ccc2nccnc2n1)C1CCCCC1. The number of likely N-dealkylation sites (N-methyl/N-ethyl adjacent to an activating group) is 1. The van der Waals surface area contributed by atoms with Crippen LogP contribution in [0, 0.1) is 0 Å². The molecule has 1 aliphatic carbocycles. The number of rotatable bonds is 5. The Hall–Kier alpha value is -1.75. The van der Waals surface area contributed by atoms with Gasteiger partial charge in [0.2, 0.25) is 0 Å². The number of anilines is 1. The number of fused-ring (bicyclic) bond motifs is 1. The van der Waals surface area contributed by atoms with Gasteiger partial charge in [-0.05, 0) is 32.0 Å². The molecule has 2 heterocycles. The zero-order valence-corrected chi connectivity index (χ0v) is 12.6. The average Bonchev–Trinajstić information content (AvgIpc) is 2.55. The summed E-state index contributed by atoms with van der Waals surface area (Å²) in [4.78, 5) is 15.4. The highest BCUT2D eigenvalue weighted by Gasteiger charge is 2.17. The maximum atomic E-state index is 4.48. The van der Waals surface area contributed by atoms with Gasteiger partial charge in [-0.2, -0.15) is 0 Å². The molecule has 21 heavy (non-hydrogen) atoms. The van der Waals surface area contributed by atoms with E-state index in [4.69, 9.17) is 0 Å². The molecule has 0 saturated heterocycles. The van der Waals surface area contributed by atoms with Crippen LogP contribution >= 0.6 is 0 Å². The van der Waals surface area contributed by atoms with E-state index in [1.54, 1.807) is 12.4 Å². The molecule has 2 aromatic heterocycles. The average molecular weight is 285 g/mol. The second-order valence-corrected chi connectivity index (χ2v) is 5.79. The molecule has 5 heteroatoms. The third-order valence-corrected chi connectivity index (χ3v) is 4.30. The molecule has 0 atom stereocenters. The van der Waals surface area contributed by atoms with E-state index in [1.165, 1.54) is 32.1 Å². The van der Waals surface area contributed by atoms with Gasteiger partial charge in [0.25, 0.3) is 0 Å². The Balaban J connectivity index is 1.51. The number of hydrogen-bond donors (Lipinski definition) is 1. The fourth-order valence-corrected chi connectivity index (χ4v) is 3.02. The van der Waals surface area contributed by atoms with Gasteiger partial charge in [0.1, 0.15) is 11.3 Å². The molecule has 3 rings (SSSR count). The maximum absolute atomic E-state index is 4.48. The Morgan fingerprint density at radius 3 is 2.81 bits per heavy atom. The minimum Gasteiger partial charge on any atom is -0.369 e. The van der Waals surface area contributed by atoms with Crippen LogP contribution in [0.2, 0.25) is 0 Å². The van der Waals surface area contributed by atoms with Crippen LogP contribution in [-0.2, 0) is 0 Å². The Morgan fingerprint density at radius 2 is 1.95 bits per heavy atom. The second kappa shape index (κ2) is 6.80. The minimum atomic E-state index is 0.697. The van der Waals surface area contributed by atoms with Crippen LogP contribution in [0.4, 0.5) is 5.82 Å². The Labute approximate surface area is 125 Å². The monoisotopic (exact) mass is 285 g/mol. The smallest absolute Gasteiger partial charge is 0.180 e. The van der Waals surface area contributed by atoms with Gasteiger partial charge >= 0.3 is 0 Å². The van der Waals surface area contributed by atoms with Gasteiger partial charge in [-0.25, -0.2) is 9.97 Å². The normalized spacial score (nSPS) is 16.5. The Kier molecular flexibility index (Phi) is 4.60. The van der Waals surface area contributed by atoms with E-state index < -0.39 is 0 Å². The lowest BCUT2D eigenvalue weighted by atomic mass is 9.94. The van der Waals surface area contributed by atoms with E-state index in [2.05, 4.69) is 32.2 Å². The van der Waals surface area contributed by atoms with Crippen molar-refractivity contribution in [1.29, 1.82) is 0 Å². The van der Waals surface area contributed by atoms with E-state index in [9.17, 15) is 0 Å². The van der Waals surface area contributed by atoms with Gasteiger partial charge in [0, 0.05) is 31.5 Å². The van der Waals surface area contributed by atoms with Crippen LogP contribution in [0.15, 0.2) is 24.5 Å². The third kappa shape index (κ3) is 3.67. The van der Waals surface area contributed by atoms with Crippen molar-refractivity contribution in [1.82, 2.24) is 19.9 Å². The lowest BCUT2D eigenvalue weighted by Gasteiger charge is -2.31. The van der Waals surface area contributed by atoms with Crippen LogP contribution in [0.1, 0.15) is 32.1 Å². The topological polar surface area (TPSA) is 53.9 Å². The summed E-state index contributed by atoms with van der Waals surface area (Å²) in [5.41, 5.74) is 1.53. The number of aromatic nitrogens is 3. The van der Waals surface area contributed by atoms with Crippen molar-refractivity contribution in [3.8, 4) is 0 Å². The fraction of sp³-hybridized carbons (Fsp3) is 0.562. The van der Waals surface area contributed by atoms with Crippen molar-refractivity contribution in [3.63, 3.8) is 0 Å². The number of nitrogens with one attached hydrogen (secondary N) is 1.